The van der Waals surface area contributed by atoms with Gasteiger partial charge < -0.3 is 14.5 Å². The van der Waals surface area contributed by atoms with Crippen LogP contribution in [0, 0.1) is 5.82 Å². The van der Waals surface area contributed by atoms with Crippen LogP contribution in [0.4, 0.5) is 10.1 Å². The molecule has 0 aliphatic carbocycles. The number of carbonyl (C=O) groups is 1. The standard InChI is InChI=1S/C23H17ClFN3O3S/c24-16-6-12-19(13-7-16)30-14-20-27-28-23(31-20)32-21(15-4-2-1-3-5-15)22(29)26-18-10-8-17(25)9-11-18/h1-13,21H,14H2,(H,26,29)/t21-/m0/s1. The van der Waals surface area contributed by atoms with E-state index in [1.807, 2.05) is 30.3 Å². The Morgan fingerprint density at radius 2 is 1.75 bits per heavy atom. The number of nitrogens with one attached hydrogen (secondary N) is 1. The minimum absolute atomic E-state index is 0.0764. The van der Waals surface area contributed by atoms with Crippen molar-refractivity contribution in [2.24, 2.45) is 0 Å². The molecule has 6 nitrogen and oxygen atoms in total. The summed E-state index contributed by atoms with van der Waals surface area (Å²) in [6.45, 7) is 0.0764. The van der Waals surface area contributed by atoms with E-state index in [0.717, 1.165) is 17.3 Å². The van der Waals surface area contributed by atoms with Gasteiger partial charge in [0.25, 0.3) is 11.1 Å². The van der Waals surface area contributed by atoms with Crippen molar-refractivity contribution in [2.45, 2.75) is 17.1 Å². The lowest BCUT2D eigenvalue weighted by atomic mass is 10.1. The van der Waals surface area contributed by atoms with Gasteiger partial charge >= 0.3 is 0 Å². The molecule has 0 spiro atoms. The quantitative estimate of drug-likeness (QED) is 0.323. The number of rotatable bonds is 8. The molecule has 1 aromatic heterocycles. The zero-order valence-corrected chi connectivity index (χ0v) is 18.1. The van der Waals surface area contributed by atoms with E-state index < -0.39 is 5.25 Å². The first-order chi connectivity index (χ1) is 15.6. The van der Waals surface area contributed by atoms with Crippen LogP contribution in [0.1, 0.15) is 16.7 Å². The zero-order chi connectivity index (χ0) is 22.3. The molecule has 0 unspecified atom stereocenters. The van der Waals surface area contributed by atoms with Gasteiger partial charge in [-0.3, -0.25) is 4.79 Å². The lowest BCUT2D eigenvalue weighted by molar-refractivity contribution is -0.115. The molecule has 0 fully saturated rings. The number of anilines is 1. The Labute approximate surface area is 192 Å². The number of amides is 1. The Balaban J connectivity index is 1.45. The monoisotopic (exact) mass is 469 g/mol. The molecule has 0 bridgehead atoms. The topological polar surface area (TPSA) is 77.2 Å². The van der Waals surface area contributed by atoms with Crippen molar-refractivity contribution in [1.82, 2.24) is 10.2 Å². The van der Waals surface area contributed by atoms with Gasteiger partial charge in [0.1, 0.15) is 16.8 Å². The van der Waals surface area contributed by atoms with Crippen LogP contribution in [0.3, 0.4) is 0 Å². The molecule has 4 aromatic rings. The Morgan fingerprint density at radius 3 is 2.47 bits per heavy atom. The molecule has 0 aliphatic heterocycles. The molecule has 0 aliphatic rings. The summed E-state index contributed by atoms with van der Waals surface area (Å²) in [4.78, 5) is 13.0. The van der Waals surface area contributed by atoms with E-state index in [0.29, 0.717) is 16.5 Å². The summed E-state index contributed by atoms with van der Waals surface area (Å²) in [5.41, 5.74) is 1.25. The van der Waals surface area contributed by atoms with Gasteiger partial charge in [0.2, 0.25) is 5.91 Å². The summed E-state index contributed by atoms with van der Waals surface area (Å²) in [5.74, 6) is 0.206. The van der Waals surface area contributed by atoms with Crippen LogP contribution in [0.15, 0.2) is 88.5 Å². The molecule has 1 heterocycles. The molecule has 32 heavy (non-hydrogen) atoms. The summed E-state index contributed by atoms with van der Waals surface area (Å²) in [6.07, 6.45) is 0. The third-order valence-electron chi connectivity index (χ3n) is 4.30. The fourth-order valence-corrected chi connectivity index (χ4v) is 3.78. The van der Waals surface area contributed by atoms with Crippen molar-refractivity contribution in [2.75, 3.05) is 5.32 Å². The molecule has 162 valence electrons. The molecule has 1 N–H and O–H groups in total. The normalized spacial score (nSPS) is 11.7. The fourth-order valence-electron chi connectivity index (χ4n) is 2.76. The summed E-state index contributed by atoms with van der Waals surface area (Å²) in [6, 6.07) is 21.7. The number of halogens is 2. The summed E-state index contributed by atoms with van der Waals surface area (Å²) in [7, 11) is 0. The van der Waals surface area contributed by atoms with E-state index in [1.54, 1.807) is 24.3 Å². The number of ether oxygens (including phenoxy) is 1. The van der Waals surface area contributed by atoms with Gasteiger partial charge in [-0.25, -0.2) is 4.39 Å². The molecule has 1 amide bonds. The second kappa shape index (κ2) is 10.3. The Morgan fingerprint density at radius 1 is 1.03 bits per heavy atom. The number of hydrogen-bond acceptors (Lipinski definition) is 6. The summed E-state index contributed by atoms with van der Waals surface area (Å²) in [5, 5.41) is 11.0. The van der Waals surface area contributed by atoms with Gasteiger partial charge in [-0.15, -0.1) is 10.2 Å². The highest BCUT2D eigenvalue weighted by atomic mass is 35.5. The van der Waals surface area contributed by atoms with E-state index in [-0.39, 0.29) is 29.4 Å². The lowest BCUT2D eigenvalue weighted by Gasteiger charge is -2.15. The molecular weight excluding hydrogens is 453 g/mol. The van der Waals surface area contributed by atoms with Crippen molar-refractivity contribution in [1.29, 1.82) is 0 Å². The zero-order valence-electron chi connectivity index (χ0n) is 16.6. The molecule has 3 aromatic carbocycles. The lowest BCUT2D eigenvalue weighted by Crippen LogP contribution is -2.19. The SMILES string of the molecule is O=C(Nc1ccc(F)cc1)[C@@H](Sc1nnc(COc2ccc(Cl)cc2)o1)c1ccccc1. The van der Waals surface area contributed by atoms with Gasteiger partial charge in [-0.2, -0.15) is 0 Å². The van der Waals surface area contributed by atoms with Gasteiger partial charge in [0, 0.05) is 10.7 Å². The maximum absolute atomic E-state index is 13.2. The van der Waals surface area contributed by atoms with E-state index in [9.17, 15) is 9.18 Å². The molecule has 0 radical (unpaired) electrons. The second-order valence-electron chi connectivity index (χ2n) is 6.61. The van der Waals surface area contributed by atoms with Crippen LogP contribution in [-0.4, -0.2) is 16.1 Å². The first-order valence-electron chi connectivity index (χ1n) is 9.55. The van der Waals surface area contributed by atoms with Crippen LogP contribution >= 0.6 is 23.4 Å². The molecule has 0 saturated carbocycles. The van der Waals surface area contributed by atoms with Crippen LogP contribution in [0.2, 0.25) is 5.02 Å². The van der Waals surface area contributed by atoms with Crippen molar-refractivity contribution >= 4 is 35.0 Å². The van der Waals surface area contributed by atoms with Crippen molar-refractivity contribution in [3.63, 3.8) is 0 Å². The number of aromatic nitrogens is 2. The van der Waals surface area contributed by atoms with E-state index in [2.05, 4.69) is 15.5 Å². The van der Waals surface area contributed by atoms with Crippen LogP contribution in [-0.2, 0) is 11.4 Å². The van der Waals surface area contributed by atoms with E-state index >= 15 is 0 Å². The Bertz CT molecular complexity index is 1170. The maximum atomic E-state index is 13.2. The molecule has 4 rings (SSSR count). The molecule has 1 atom stereocenters. The Hall–Kier alpha value is -3.36. The molecule has 0 saturated heterocycles. The number of benzene rings is 3. The van der Waals surface area contributed by atoms with Crippen LogP contribution in [0.25, 0.3) is 0 Å². The second-order valence-corrected chi connectivity index (χ2v) is 8.10. The van der Waals surface area contributed by atoms with Gasteiger partial charge in [0.05, 0.1) is 0 Å². The van der Waals surface area contributed by atoms with Gasteiger partial charge in [0.15, 0.2) is 6.61 Å². The van der Waals surface area contributed by atoms with Crippen molar-refractivity contribution in [3.8, 4) is 5.75 Å². The predicted octanol–water partition coefficient (Wildman–Crippen LogP) is 5.91. The minimum atomic E-state index is -0.660. The molecule has 9 heteroatoms. The van der Waals surface area contributed by atoms with Crippen LogP contribution < -0.4 is 10.1 Å². The smallest absolute Gasteiger partial charge is 0.277 e. The van der Waals surface area contributed by atoms with Crippen LogP contribution in [0.5, 0.6) is 5.75 Å². The van der Waals surface area contributed by atoms with Crippen molar-refractivity contribution in [3.05, 3.63) is 101 Å². The fraction of sp³-hybridized carbons (Fsp3) is 0.0870. The third kappa shape index (κ3) is 5.87. The van der Waals surface area contributed by atoms with E-state index in [4.69, 9.17) is 20.8 Å². The highest BCUT2D eigenvalue weighted by Gasteiger charge is 2.25. The van der Waals surface area contributed by atoms with E-state index in [1.165, 1.54) is 24.3 Å². The number of nitrogens with zero attached hydrogens (tertiary/aromatic N) is 2. The van der Waals surface area contributed by atoms with Gasteiger partial charge in [-0.05, 0) is 65.9 Å². The third-order valence-corrected chi connectivity index (χ3v) is 5.64. The highest BCUT2D eigenvalue weighted by molar-refractivity contribution is 8.00. The first-order valence-corrected chi connectivity index (χ1v) is 10.8. The summed E-state index contributed by atoms with van der Waals surface area (Å²) >= 11 is 6.98. The van der Waals surface area contributed by atoms with Gasteiger partial charge in [-0.1, -0.05) is 41.9 Å². The average molecular weight is 470 g/mol. The highest BCUT2D eigenvalue weighted by Crippen LogP contribution is 2.35. The number of thioether (sulfide) groups is 1. The Kier molecular flexibility index (Phi) is 7.03. The number of carbonyl (C=O) groups excluding carboxylic acids is 1. The maximum Gasteiger partial charge on any atom is 0.277 e. The first kappa shape index (κ1) is 21.9. The molecular formula is C23H17ClFN3O3S. The number of hydrogen-bond donors (Lipinski definition) is 1. The average Bonchev–Trinajstić information content (AvgIpc) is 3.27. The minimum Gasteiger partial charge on any atom is -0.484 e. The predicted molar refractivity (Wildman–Crippen MR) is 120 cm³/mol. The van der Waals surface area contributed by atoms with Crippen molar-refractivity contribution < 1.29 is 18.3 Å². The summed E-state index contributed by atoms with van der Waals surface area (Å²) < 4.78 is 24.4. The largest absolute Gasteiger partial charge is 0.484 e.